The fourth-order valence-corrected chi connectivity index (χ4v) is 15.3. The maximum absolute atomic E-state index is 13.7. The van der Waals surface area contributed by atoms with E-state index in [1.165, 1.54) is 14.9 Å². The van der Waals surface area contributed by atoms with Gasteiger partial charge in [-0.25, -0.2) is 9.46 Å². The number of fused-ring (bicyclic) bond motifs is 1. The highest BCUT2D eigenvalue weighted by Crippen LogP contribution is 2.60. The minimum atomic E-state index is -2.25. The van der Waals surface area contributed by atoms with Crippen LogP contribution in [0.25, 0.3) is 0 Å². The Morgan fingerprint density at radius 2 is 1.36 bits per heavy atom. The number of rotatable bonds is 17. The second-order valence-electron chi connectivity index (χ2n) is 17.6. The third-order valence-corrected chi connectivity index (χ3v) is 19.5. The first kappa shape index (κ1) is 45.6. The number of nitrogens with one attached hydrogen (secondary N) is 1. The van der Waals surface area contributed by atoms with E-state index in [1.807, 2.05) is 66.7 Å². The topological polar surface area (TPSA) is 123 Å². The van der Waals surface area contributed by atoms with Crippen molar-refractivity contribution in [2.24, 2.45) is 5.92 Å². The second-order valence-corrected chi connectivity index (χ2v) is 23.3. The number of ether oxygens (including phenoxy) is 4. The average molecular weight is 925 g/mol. The number of hydrogen-bond acceptors (Lipinski definition) is 10. The average Bonchev–Trinajstić information content (AvgIpc) is 3.84. The number of carbonyl (C=O) groups is 1. The predicted octanol–water partition coefficient (Wildman–Crippen LogP) is 8.13. The summed E-state index contributed by atoms with van der Waals surface area (Å²) in [6.07, 6.45) is 1.06. The van der Waals surface area contributed by atoms with Crippen LogP contribution in [0, 0.1) is 5.92 Å². The van der Waals surface area contributed by atoms with E-state index in [0.29, 0.717) is 6.42 Å². The molecule has 0 aliphatic carbocycles. The molecule has 1 amide bonds. The van der Waals surface area contributed by atoms with Gasteiger partial charge in [0.15, 0.2) is 0 Å². The fourth-order valence-electron chi connectivity index (χ4n) is 9.40. The lowest BCUT2D eigenvalue weighted by atomic mass is 9.80. The molecular formula is C52H57N4O8PSi. The summed E-state index contributed by atoms with van der Waals surface area (Å²) in [6, 6.07) is 50.5. The van der Waals surface area contributed by atoms with Crippen LogP contribution >= 0.6 is 8.53 Å². The Bertz CT molecular complexity index is 2540. The molecule has 14 heteroatoms. The summed E-state index contributed by atoms with van der Waals surface area (Å²) < 4.78 is 43.5. The summed E-state index contributed by atoms with van der Waals surface area (Å²) >= 11 is 0. The molecular weight excluding hydrogens is 868 g/mol. The molecule has 3 fully saturated rings. The van der Waals surface area contributed by atoms with Crippen LogP contribution in [-0.2, 0) is 28.9 Å². The van der Waals surface area contributed by atoms with Crippen LogP contribution in [-0.4, -0.2) is 79.9 Å². The first-order valence-electron chi connectivity index (χ1n) is 22.6. The molecule has 6 atom stereocenters. The first-order chi connectivity index (χ1) is 32.1. The molecule has 5 aromatic carbocycles. The number of aromatic nitrogens is 2. The summed E-state index contributed by atoms with van der Waals surface area (Å²) in [5.74, 6) is 1.12. The monoisotopic (exact) mass is 924 g/mol. The van der Waals surface area contributed by atoms with Crippen LogP contribution in [0.2, 0.25) is 12.6 Å². The van der Waals surface area contributed by atoms with E-state index >= 15 is 0 Å². The van der Waals surface area contributed by atoms with E-state index in [-0.39, 0.29) is 36.4 Å². The fraction of sp³-hybridized carbons (Fsp3) is 0.327. The molecule has 66 heavy (non-hydrogen) atoms. The van der Waals surface area contributed by atoms with E-state index < -0.39 is 46.3 Å². The van der Waals surface area contributed by atoms with Crippen LogP contribution in [0.15, 0.2) is 157 Å². The molecule has 1 aromatic heterocycles. The summed E-state index contributed by atoms with van der Waals surface area (Å²) in [7, 11) is -0.430. The van der Waals surface area contributed by atoms with Crippen LogP contribution in [0.3, 0.4) is 0 Å². The van der Waals surface area contributed by atoms with Gasteiger partial charge in [0.25, 0.3) is 8.53 Å². The van der Waals surface area contributed by atoms with Crippen molar-refractivity contribution in [1.29, 1.82) is 0 Å². The Balaban J connectivity index is 1.05. The molecule has 6 aromatic rings. The van der Waals surface area contributed by atoms with Crippen LogP contribution < -0.4 is 30.9 Å². The Morgan fingerprint density at radius 3 is 1.88 bits per heavy atom. The number of amides is 1. The van der Waals surface area contributed by atoms with Gasteiger partial charge in [-0.3, -0.25) is 9.36 Å². The van der Waals surface area contributed by atoms with Gasteiger partial charge in [-0.2, -0.15) is 4.98 Å². The molecule has 3 aliphatic heterocycles. The van der Waals surface area contributed by atoms with Gasteiger partial charge >= 0.3 is 5.69 Å². The Kier molecular flexibility index (Phi) is 13.7. The molecule has 1 N–H and O–H groups in total. The van der Waals surface area contributed by atoms with Crippen molar-refractivity contribution < 1.29 is 32.8 Å². The van der Waals surface area contributed by atoms with E-state index in [4.69, 9.17) is 28.0 Å². The summed E-state index contributed by atoms with van der Waals surface area (Å²) in [5.41, 5.74) is 1.00. The number of anilines is 1. The lowest BCUT2D eigenvalue weighted by Crippen LogP contribution is -2.59. The summed E-state index contributed by atoms with van der Waals surface area (Å²) in [4.78, 5) is 30.5. The van der Waals surface area contributed by atoms with Gasteiger partial charge in [-0.1, -0.05) is 146 Å². The van der Waals surface area contributed by atoms with E-state index in [0.717, 1.165) is 47.2 Å². The van der Waals surface area contributed by atoms with Crippen molar-refractivity contribution in [3.8, 4) is 11.5 Å². The van der Waals surface area contributed by atoms with E-state index in [9.17, 15) is 9.59 Å². The molecule has 0 saturated carbocycles. The van der Waals surface area contributed by atoms with Crippen molar-refractivity contribution in [2.75, 3.05) is 32.7 Å². The van der Waals surface area contributed by atoms with Crippen molar-refractivity contribution in [2.45, 2.75) is 75.5 Å². The number of carbonyl (C=O) groups excluding carboxylic acids is 1. The van der Waals surface area contributed by atoms with Crippen molar-refractivity contribution in [3.05, 3.63) is 179 Å². The Morgan fingerprint density at radius 1 is 0.803 bits per heavy atom. The van der Waals surface area contributed by atoms with E-state index in [1.54, 1.807) is 40.3 Å². The molecule has 12 nitrogen and oxygen atoms in total. The Labute approximate surface area is 388 Å². The standard InChI is InChI=1S/C52H57N4O8PSi/c1-36(2)50(57)53-48-30-31-55(51(58)54-48)49-33-45(63-65-56-32-29-44(56)47(64-65)35-66(5,42-17-11-7-12-18-42)43-19-13-8-14-20-43)46(62-49)34-61-52(37-15-9-6-10-16-37,38-21-25-40(59-3)26-22-38)39-23-27-41(60-4)28-24-39/h6-28,30-31,36,44-47,49H,29,32-35H2,1-5H3,(H,53,54,57,58)/t44-,45-,46+,47+,49+,65+/m0/s1. The molecule has 0 radical (unpaired) electrons. The highest BCUT2D eigenvalue weighted by Gasteiger charge is 2.54. The quantitative estimate of drug-likeness (QED) is 0.0546. The highest BCUT2D eigenvalue weighted by atomic mass is 31.2. The lowest BCUT2D eigenvalue weighted by Gasteiger charge is -2.39. The molecule has 0 spiro atoms. The molecule has 342 valence electrons. The zero-order valence-corrected chi connectivity index (χ0v) is 39.9. The van der Waals surface area contributed by atoms with Gasteiger partial charge in [0.2, 0.25) is 5.91 Å². The van der Waals surface area contributed by atoms with Crippen LogP contribution in [0.4, 0.5) is 5.82 Å². The van der Waals surface area contributed by atoms with Gasteiger partial charge in [0.1, 0.15) is 43.3 Å². The van der Waals surface area contributed by atoms with Crippen molar-refractivity contribution >= 4 is 38.7 Å². The summed E-state index contributed by atoms with van der Waals surface area (Å²) in [6.45, 7) is 6.98. The minimum absolute atomic E-state index is 0.0222. The van der Waals surface area contributed by atoms with Crippen molar-refractivity contribution in [3.63, 3.8) is 0 Å². The van der Waals surface area contributed by atoms with Gasteiger partial charge in [-0.05, 0) is 59.5 Å². The normalized spacial score (nSPS) is 21.8. The molecule has 3 saturated heterocycles. The van der Waals surface area contributed by atoms with E-state index in [2.05, 4.69) is 94.3 Å². The summed E-state index contributed by atoms with van der Waals surface area (Å²) in [5, 5.41) is 5.48. The van der Waals surface area contributed by atoms with Gasteiger partial charge < -0.3 is 33.3 Å². The molecule has 9 rings (SSSR count). The SMILES string of the molecule is COc1ccc(C(OC[C@H]2O[C@@H](n3ccc(NC(=O)C(C)C)nc3=O)C[C@@H]2O[P@]2O[C@H](C[Si](C)(c3ccccc3)c3ccccc3)[C@@H]3CCN32)(c2ccccc2)c2ccc(OC)cc2)cc1. The van der Waals surface area contributed by atoms with Crippen molar-refractivity contribution in [1.82, 2.24) is 14.2 Å². The van der Waals surface area contributed by atoms with Crippen LogP contribution in [0.5, 0.6) is 11.5 Å². The third kappa shape index (κ3) is 9.14. The lowest BCUT2D eigenvalue weighted by molar-refractivity contribution is -0.118. The zero-order valence-electron chi connectivity index (χ0n) is 38.0. The molecule has 0 bridgehead atoms. The maximum Gasteiger partial charge on any atom is 0.351 e. The van der Waals surface area contributed by atoms with Gasteiger partial charge in [0.05, 0.1) is 33.0 Å². The number of nitrogens with zero attached hydrogens (tertiary/aromatic N) is 3. The number of hydrogen-bond donors (Lipinski definition) is 1. The number of methoxy groups -OCH3 is 2. The number of benzene rings is 5. The molecule has 3 aliphatic rings. The minimum Gasteiger partial charge on any atom is -0.497 e. The predicted molar refractivity (Wildman–Crippen MR) is 259 cm³/mol. The second kappa shape index (κ2) is 19.8. The maximum atomic E-state index is 13.7. The zero-order chi connectivity index (χ0) is 45.8. The molecule has 4 heterocycles. The van der Waals surface area contributed by atoms with Crippen LogP contribution in [0.1, 0.15) is 49.6 Å². The van der Waals surface area contributed by atoms with Gasteiger partial charge in [-0.15, -0.1) is 0 Å². The molecule has 0 unspecified atom stereocenters. The first-order valence-corrected chi connectivity index (χ1v) is 26.5. The Hall–Kier alpha value is -5.50. The third-order valence-electron chi connectivity index (χ3n) is 13.3. The van der Waals surface area contributed by atoms with Gasteiger partial charge in [0, 0.05) is 31.1 Å². The largest absolute Gasteiger partial charge is 0.497 e. The smallest absolute Gasteiger partial charge is 0.351 e. The highest BCUT2D eigenvalue weighted by molar-refractivity contribution is 7.45.